The monoisotopic (exact) mass is 246 g/mol. The number of aliphatic carboxylic acids is 1. The van der Waals surface area contributed by atoms with Crippen LogP contribution < -0.4 is 5.32 Å². The lowest BCUT2D eigenvalue weighted by Crippen LogP contribution is -2.40. The van der Waals surface area contributed by atoms with Gasteiger partial charge in [-0.25, -0.2) is 4.79 Å². The molecule has 3 N–H and O–H groups in total. The first-order valence-electron chi connectivity index (χ1n) is 5.48. The summed E-state index contributed by atoms with van der Waals surface area (Å²) < 4.78 is 0. The molecule has 18 heavy (non-hydrogen) atoms. The minimum absolute atomic E-state index is 0.428. The van der Waals surface area contributed by atoms with Crippen molar-refractivity contribution in [2.45, 2.75) is 19.4 Å². The molecule has 0 fully saturated rings. The van der Waals surface area contributed by atoms with Crippen molar-refractivity contribution < 1.29 is 9.90 Å². The number of carbonyl (C=O) groups is 1. The average Bonchev–Trinajstić information content (AvgIpc) is 2.83. The molecule has 0 saturated heterocycles. The minimum Gasteiger partial charge on any atom is -0.480 e. The van der Waals surface area contributed by atoms with Gasteiger partial charge < -0.3 is 15.4 Å². The number of nitrogens with one attached hydrogen (secondary N) is 2. The molecule has 0 aliphatic carbocycles. The van der Waals surface area contributed by atoms with Gasteiger partial charge in [0.1, 0.15) is 17.1 Å². The van der Waals surface area contributed by atoms with E-state index in [1.54, 1.807) is 32.2 Å². The number of hydrogen-bond donors (Lipinski definition) is 3. The largest absolute Gasteiger partial charge is 0.480 e. The predicted octanol–water partition coefficient (Wildman–Crippen LogP) is 1.75. The van der Waals surface area contributed by atoms with Crippen LogP contribution in [0.5, 0.6) is 0 Å². The summed E-state index contributed by atoms with van der Waals surface area (Å²) in [5, 5.41) is 19.8. The molecule has 0 aromatic carbocycles. The van der Waals surface area contributed by atoms with E-state index < -0.39 is 11.5 Å². The normalized spacial score (nSPS) is 11.2. The molecule has 2 rings (SSSR count). The van der Waals surface area contributed by atoms with E-state index in [0.29, 0.717) is 11.5 Å². The smallest absolute Gasteiger partial charge is 0.328 e. The van der Waals surface area contributed by atoms with Gasteiger partial charge in [0, 0.05) is 6.20 Å². The van der Waals surface area contributed by atoms with Crippen LogP contribution in [-0.4, -0.2) is 31.8 Å². The molecule has 0 saturated carbocycles. The van der Waals surface area contributed by atoms with Gasteiger partial charge in [0.25, 0.3) is 0 Å². The van der Waals surface area contributed by atoms with Crippen LogP contribution in [0.15, 0.2) is 30.5 Å². The summed E-state index contributed by atoms with van der Waals surface area (Å²) in [7, 11) is 0. The Kier molecular flexibility index (Phi) is 3.01. The van der Waals surface area contributed by atoms with Gasteiger partial charge in [0.05, 0.1) is 5.69 Å². The molecule has 0 aliphatic rings. The highest BCUT2D eigenvalue weighted by molar-refractivity contribution is 5.81. The highest BCUT2D eigenvalue weighted by Crippen LogP contribution is 2.16. The Morgan fingerprint density at radius 2 is 2.11 bits per heavy atom. The maximum atomic E-state index is 11.0. The van der Waals surface area contributed by atoms with Crippen LogP contribution in [0, 0.1) is 0 Å². The Hall–Kier alpha value is -2.37. The van der Waals surface area contributed by atoms with Crippen molar-refractivity contribution in [3.63, 3.8) is 0 Å². The van der Waals surface area contributed by atoms with E-state index in [2.05, 4.69) is 20.5 Å². The molecular formula is C12H14N4O2. The number of hydrogen-bond acceptors (Lipinski definition) is 4. The van der Waals surface area contributed by atoms with Gasteiger partial charge in [0.2, 0.25) is 0 Å². The fourth-order valence-electron chi connectivity index (χ4n) is 1.41. The van der Waals surface area contributed by atoms with E-state index in [9.17, 15) is 4.79 Å². The summed E-state index contributed by atoms with van der Waals surface area (Å²) in [5.74, 6) is -0.518. The number of anilines is 1. The molecule has 2 aromatic rings. The van der Waals surface area contributed by atoms with Crippen molar-refractivity contribution in [1.82, 2.24) is 15.2 Å². The fraction of sp³-hybridized carbons (Fsp3) is 0.250. The molecule has 0 unspecified atom stereocenters. The number of carboxylic acid groups (broad SMARTS) is 1. The van der Waals surface area contributed by atoms with Crippen molar-refractivity contribution in [2.24, 2.45) is 0 Å². The van der Waals surface area contributed by atoms with E-state index >= 15 is 0 Å². The maximum absolute atomic E-state index is 11.0. The standard InChI is InChI=1S/C12H14N4O2/c1-12(2,11(17)18)14-10-6-5-9(15-16-10)8-4-3-7-13-8/h3-7,13H,1-2H3,(H,14,16)(H,17,18). The zero-order valence-corrected chi connectivity index (χ0v) is 10.1. The molecule has 0 radical (unpaired) electrons. The van der Waals surface area contributed by atoms with Gasteiger partial charge in [-0.1, -0.05) is 0 Å². The summed E-state index contributed by atoms with van der Waals surface area (Å²) in [5.41, 5.74) is 0.494. The molecule has 0 atom stereocenters. The maximum Gasteiger partial charge on any atom is 0.328 e. The summed E-state index contributed by atoms with van der Waals surface area (Å²) in [6.07, 6.45) is 1.80. The topological polar surface area (TPSA) is 90.9 Å². The summed E-state index contributed by atoms with van der Waals surface area (Å²) in [6, 6.07) is 7.24. The highest BCUT2D eigenvalue weighted by atomic mass is 16.4. The third-order valence-corrected chi connectivity index (χ3v) is 2.51. The van der Waals surface area contributed by atoms with Crippen LogP contribution in [0.25, 0.3) is 11.4 Å². The van der Waals surface area contributed by atoms with Gasteiger partial charge in [-0.15, -0.1) is 10.2 Å². The quantitative estimate of drug-likeness (QED) is 0.764. The van der Waals surface area contributed by atoms with Crippen molar-refractivity contribution in [1.29, 1.82) is 0 Å². The Morgan fingerprint density at radius 3 is 2.61 bits per heavy atom. The predicted molar refractivity (Wildman–Crippen MR) is 67.2 cm³/mol. The molecule has 0 spiro atoms. The number of rotatable bonds is 4. The van der Waals surface area contributed by atoms with E-state index in [1.165, 1.54) is 0 Å². The van der Waals surface area contributed by atoms with Crippen molar-refractivity contribution in [3.05, 3.63) is 30.5 Å². The average molecular weight is 246 g/mol. The lowest BCUT2D eigenvalue weighted by Gasteiger charge is -2.21. The zero-order chi connectivity index (χ0) is 13.2. The fourth-order valence-corrected chi connectivity index (χ4v) is 1.41. The van der Waals surface area contributed by atoms with E-state index in [-0.39, 0.29) is 0 Å². The number of carboxylic acids is 1. The molecule has 6 nitrogen and oxygen atoms in total. The van der Waals surface area contributed by atoms with Crippen molar-refractivity contribution in [2.75, 3.05) is 5.32 Å². The van der Waals surface area contributed by atoms with Gasteiger partial charge >= 0.3 is 5.97 Å². The number of aromatic nitrogens is 3. The number of nitrogens with zero attached hydrogens (tertiary/aromatic N) is 2. The van der Waals surface area contributed by atoms with Crippen molar-refractivity contribution in [3.8, 4) is 11.4 Å². The molecule has 94 valence electrons. The Balaban J connectivity index is 2.16. The molecule has 6 heteroatoms. The van der Waals surface area contributed by atoms with Gasteiger partial charge in [-0.2, -0.15) is 0 Å². The van der Waals surface area contributed by atoms with Gasteiger partial charge in [-0.05, 0) is 38.1 Å². The number of aromatic amines is 1. The minimum atomic E-state index is -1.08. The Morgan fingerprint density at radius 1 is 1.33 bits per heavy atom. The second-order valence-electron chi connectivity index (χ2n) is 4.44. The second kappa shape index (κ2) is 4.48. The summed E-state index contributed by atoms with van der Waals surface area (Å²) in [6.45, 7) is 3.13. The summed E-state index contributed by atoms with van der Waals surface area (Å²) in [4.78, 5) is 14.0. The summed E-state index contributed by atoms with van der Waals surface area (Å²) >= 11 is 0. The molecule has 2 aromatic heterocycles. The van der Waals surface area contributed by atoms with Crippen LogP contribution in [-0.2, 0) is 4.79 Å². The molecule has 0 amide bonds. The lowest BCUT2D eigenvalue weighted by molar-refractivity contribution is -0.141. The zero-order valence-electron chi connectivity index (χ0n) is 10.1. The lowest BCUT2D eigenvalue weighted by atomic mass is 10.1. The van der Waals surface area contributed by atoms with Crippen LogP contribution >= 0.6 is 0 Å². The molecule has 2 heterocycles. The third-order valence-electron chi connectivity index (χ3n) is 2.51. The van der Waals surface area contributed by atoms with Crippen LogP contribution in [0.4, 0.5) is 5.82 Å². The van der Waals surface area contributed by atoms with Crippen molar-refractivity contribution >= 4 is 11.8 Å². The third kappa shape index (κ3) is 2.48. The Bertz CT molecular complexity index is 532. The van der Waals surface area contributed by atoms with Gasteiger partial charge in [0.15, 0.2) is 0 Å². The highest BCUT2D eigenvalue weighted by Gasteiger charge is 2.27. The molecular weight excluding hydrogens is 232 g/mol. The number of H-pyrrole nitrogens is 1. The SMILES string of the molecule is CC(C)(Nc1ccc(-c2ccc[nH]2)nn1)C(=O)O. The Labute approximate surface area is 104 Å². The molecule has 0 bridgehead atoms. The van der Waals surface area contributed by atoms with Crippen LogP contribution in [0.2, 0.25) is 0 Å². The van der Waals surface area contributed by atoms with Gasteiger partial charge in [-0.3, -0.25) is 0 Å². The second-order valence-corrected chi connectivity index (χ2v) is 4.44. The van der Waals surface area contributed by atoms with E-state index in [0.717, 1.165) is 5.69 Å². The molecule has 0 aliphatic heterocycles. The first-order valence-corrected chi connectivity index (χ1v) is 5.48. The van der Waals surface area contributed by atoms with Crippen LogP contribution in [0.3, 0.4) is 0 Å². The van der Waals surface area contributed by atoms with E-state index in [4.69, 9.17) is 5.11 Å². The first-order chi connectivity index (χ1) is 8.49. The van der Waals surface area contributed by atoms with E-state index in [1.807, 2.05) is 12.1 Å². The first kappa shape index (κ1) is 12.1. The van der Waals surface area contributed by atoms with Crippen LogP contribution in [0.1, 0.15) is 13.8 Å².